The summed E-state index contributed by atoms with van der Waals surface area (Å²) in [4.78, 5) is 27.1. The molecule has 1 heterocycles. The molecule has 7 heteroatoms. The summed E-state index contributed by atoms with van der Waals surface area (Å²) in [7, 11) is 1.57. The summed E-state index contributed by atoms with van der Waals surface area (Å²) < 4.78 is 12.7. The molecule has 5 nitrogen and oxygen atoms in total. The van der Waals surface area contributed by atoms with E-state index in [4.69, 9.17) is 9.47 Å². The Labute approximate surface area is 164 Å². The van der Waals surface area contributed by atoms with Gasteiger partial charge in [0, 0.05) is 11.5 Å². The van der Waals surface area contributed by atoms with Crippen molar-refractivity contribution in [1.82, 2.24) is 4.98 Å². The van der Waals surface area contributed by atoms with Crippen LogP contribution in [0.25, 0.3) is 12.2 Å². The van der Waals surface area contributed by atoms with Gasteiger partial charge in [-0.3, -0.25) is 9.59 Å². The summed E-state index contributed by atoms with van der Waals surface area (Å²) in [6.45, 7) is 7.92. The van der Waals surface area contributed by atoms with Crippen molar-refractivity contribution in [3.63, 3.8) is 0 Å². The van der Waals surface area contributed by atoms with Crippen LogP contribution in [0.5, 0.6) is 11.5 Å². The van der Waals surface area contributed by atoms with Crippen molar-refractivity contribution in [2.24, 2.45) is 5.41 Å². The van der Waals surface area contributed by atoms with Crippen LogP contribution in [-0.4, -0.2) is 24.5 Å². The lowest BCUT2D eigenvalue weighted by Gasteiger charge is -2.12. The lowest BCUT2D eigenvalue weighted by atomic mass is 9.91. The highest BCUT2D eigenvalue weighted by Crippen LogP contribution is 2.36. The summed E-state index contributed by atoms with van der Waals surface area (Å²) >= 11 is 4.71. The van der Waals surface area contributed by atoms with Crippen LogP contribution in [0.3, 0.4) is 0 Å². The Morgan fingerprint density at radius 3 is 2.62 bits per heavy atom. The monoisotopic (exact) mass is 439 g/mol. The molecule has 0 aliphatic carbocycles. The highest BCUT2D eigenvalue weighted by Gasteiger charge is 2.18. The van der Waals surface area contributed by atoms with Gasteiger partial charge < -0.3 is 14.5 Å². The van der Waals surface area contributed by atoms with Gasteiger partial charge in [0.1, 0.15) is 0 Å². The molecule has 0 radical (unpaired) electrons. The van der Waals surface area contributed by atoms with E-state index in [0.717, 1.165) is 10.0 Å². The zero-order chi connectivity index (χ0) is 19.5. The number of aromatic amines is 1. The largest absolute Gasteiger partial charge is 0.492 e. The van der Waals surface area contributed by atoms with Crippen molar-refractivity contribution < 1.29 is 14.3 Å². The molecule has 140 valence electrons. The lowest BCUT2D eigenvalue weighted by Crippen LogP contribution is -2.22. The van der Waals surface area contributed by atoms with E-state index in [1.807, 2.05) is 39.8 Å². The minimum Gasteiger partial charge on any atom is -0.492 e. The van der Waals surface area contributed by atoms with Crippen LogP contribution in [0.2, 0.25) is 0 Å². The first-order chi connectivity index (χ1) is 12.2. The number of hydrogen-bond donors (Lipinski definition) is 1. The Kier molecular flexibility index (Phi) is 6.47. The fourth-order valence-corrected chi connectivity index (χ4v) is 3.65. The van der Waals surface area contributed by atoms with Gasteiger partial charge in [-0.1, -0.05) is 20.8 Å². The first-order valence-electron chi connectivity index (χ1n) is 8.13. The number of thiazole rings is 1. The molecule has 1 aromatic carbocycles. The van der Waals surface area contributed by atoms with Gasteiger partial charge in [0.25, 0.3) is 5.56 Å². The molecule has 1 N–H and O–H groups in total. The maximum absolute atomic E-state index is 12.2. The number of halogens is 1. The minimum absolute atomic E-state index is 0.0348. The Balaban J connectivity index is 2.53. The van der Waals surface area contributed by atoms with Gasteiger partial charge in [-0.15, -0.1) is 11.3 Å². The van der Waals surface area contributed by atoms with Crippen molar-refractivity contribution in [2.75, 3.05) is 13.7 Å². The van der Waals surface area contributed by atoms with Crippen LogP contribution in [0.1, 0.15) is 33.3 Å². The average Bonchev–Trinajstić information content (AvgIpc) is 2.86. The van der Waals surface area contributed by atoms with Gasteiger partial charge >= 0.3 is 0 Å². The molecule has 0 bridgehead atoms. The third-order valence-corrected chi connectivity index (χ3v) is 5.07. The number of Topliss-reactive ketones (excluding diaryl/α,β-unsaturated/α-hetero) is 1. The van der Waals surface area contributed by atoms with Crippen LogP contribution >= 0.6 is 27.3 Å². The third kappa shape index (κ3) is 4.86. The molecule has 0 saturated carbocycles. The standard InChI is InChI=1S/C19H22BrNO4S/c1-6-25-13-8-11(7-12(20)17(13)24-5)9-14-18(23)21-16(26-14)10-15(22)19(2,3)4/h7-10H,6H2,1-5H3,(H,21,23)/b14-9-,16-10-. The molecule has 2 rings (SSSR count). The SMILES string of the molecule is CCOc1cc(/C=c2\s/c(=C\C(=O)C(C)(C)C)[nH]c2=O)cc(Br)c1OC. The van der Waals surface area contributed by atoms with E-state index in [2.05, 4.69) is 20.9 Å². The fraction of sp³-hybridized carbons (Fsp3) is 0.368. The van der Waals surface area contributed by atoms with Crippen molar-refractivity contribution in [2.45, 2.75) is 27.7 Å². The number of aromatic nitrogens is 1. The number of ketones is 1. The summed E-state index contributed by atoms with van der Waals surface area (Å²) in [5, 5.41) is 0. The van der Waals surface area contributed by atoms with Crippen molar-refractivity contribution in [3.05, 3.63) is 41.7 Å². The number of carbonyl (C=O) groups excluding carboxylic acids is 1. The minimum atomic E-state index is -0.488. The second-order valence-corrected chi connectivity index (χ2v) is 8.59. The van der Waals surface area contributed by atoms with E-state index < -0.39 is 5.41 Å². The predicted molar refractivity (Wildman–Crippen MR) is 109 cm³/mol. The summed E-state index contributed by atoms with van der Waals surface area (Å²) in [5.74, 6) is 1.17. The number of H-pyrrole nitrogens is 1. The van der Waals surface area contributed by atoms with E-state index in [9.17, 15) is 9.59 Å². The first-order valence-corrected chi connectivity index (χ1v) is 9.74. The molecule has 0 atom stereocenters. The van der Waals surface area contributed by atoms with Crippen LogP contribution in [0, 0.1) is 5.41 Å². The predicted octanol–water partition coefficient (Wildman–Crippen LogP) is 2.83. The van der Waals surface area contributed by atoms with Gasteiger partial charge in [0.2, 0.25) is 0 Å². The molecule has 0 spiro atoms. The summed E-state index contributed by atoms with van der Waals surface area (Å²) in [6.07, 6.45) is 3.24. The molecule has 0 amide bonds. The maximum Gasteiger partial charge on any atom is 0.266 e. The van der Waals surface area contributed by atoms with Crippen molar-refractivity contribution in [3.8, 4) is 11.5 Å². The number of hydrogen-bond acceptors (Lipinski definition) is 5. The van der Waals surface area contributed by atoms with Gasteiger partial charge in [-0.2, -0.15) is 0 Å². The Morgan fingerprint density at radius 2 is 2.04 bits per heavy atom. The lowest BCUT2D eigenvalue weighted by molar-refractivity contribution is -0.119. The van der Waals surface area contributed by atoms with Crippen LogP contribution in [0.15, 0.2) is 21.4 Å². The first kappa shape index (κ1) is 20.5. The quantitative estimate of drug-likeness (QED) is 0.777. The van der Waals surface area contributed by atoms with Crippen LogP contribution < -0.4 is 24.2 Å². The van der Waals surface area contributed by atoms with Crippen LogP contribution in [-0.2, 0) is 4.79 Å². The second kappa shape index (κ2) is 8.22. The molecule has 0 aliphatic heterocycles. The molecule has 0 fully saturated rings. The number of benzene rings is 1. The van der Waals surface area contributed by atoms with E-state index in [0.29, 0.717) is 27.3 Å². The molecule has 26 heavy (non-hydrogen) atoms. The average molecular weight is 440 g/mol. The molecule has 0 unspecified atom stereocenters. The highest BCUT2D eigenvalue weighted by molar-refractivity contribution is 9.10. The number of rotatable bonds is 5. The molecule has 0 aliphatic rings. The molecule has 1 aromatic heterocycles. The van der Waals surface area contributed by atoms with E-state index in [1.165, 1.54) is 17.4 Å². The Hall–Kier alpha value is -1.86. The van der Waals surface area contributed by atoms with E-state index in [-0.39, 0.29) is 11.3 Å². The Morgan fingerprint density at radius 1 is 1.35 bits per heavy atom. The summed E-state index contributed by atoms with van der Waals surface area (Å²) in [6, 6.07) is 3.67. The highest BCUT2D eigenvalue weighted by atomic mass is 79.9. The Bertz CT molecular complexity index is 982. The number of carbonyl (C=O) groups is 1. The molecule has 0 saturated heterocycles. The van der Waals surface area contributed by atoms with E-state index in [1.54, 1.807) is 13.2 Å². The number of methoxy groups -OCH3 is 1. The normalized spacial score (nSPS) is 13.2. The van der Waals surface area contributed by atoms with Crippen molar-refractivity contribution >= 4 is 45.2 Å². The number of nitrogens with one attached hydrogen (secondary N) is 1. The smallest absolute Gasteiger partial charge is 0.266 e. The zero-order valence-corrected chi connectivity index (χ0v) is 17.8. The van der Waals surface area contributed by atoms with Gasteiger partial charge in [-0.05, 0) is 46.6 Å². The summed E-state index contributed by atoms with van der Waals surface area (Å²) in [5.41, 5.74) is 0.0767. The zero-order valence-electron chi connectivity index (χ0n) is 15.4. The maximum atomic E-state index is 12.2. The second-order valence-electron chi connectivity index (χ2n) is 6.65. The molecular weight excluding hydrogens is 418 g/mol. The van der Waals surface area contributed by atoms with Gasteiger partial charge in [-0.25, -0.2) is 0 Å². The van der Waals surface area contributed by atoms with E-state index >= 15 is 0 Å². The topological polar surface area (TPSA) is 68.4 Å². The number of ether oxygens (including phenoxy) is 2. The van der Waals surface area contributed by atoms with Crippen LogP contribution in [0.4, 0.5) is 0 Å². The van der Waals surface area contributed by atoms with Crippen molar-refractivity contribution in [1.29, 1.82) is 0 Å². The van der Waals surface area contributed by atoms with Gasteiger partial charge in [0.15, 0.2) is 17.3 Å². The fourth-order valence-electron chi connectivity index (χ4n) is 2.14. The molecule has 2 aromatic rings. The molecular formula is C19H22BrNO4S. The third-order valence-electron chi connectivity index (χ3n) is 3.52. The van der Waals surface area contributed by atoms with Gasteiger partial charge in [0.05, 0.1) is 27.4 Å².